The highest BCUT2D eigenvalue weighted by Crippen LogP contribution is 2.25. The van der Waals surface area contributed by atoms with E-state index >= 15 is 0 Å². The van der Waals surface area contributed by atoms with E-state index in [2.05, 4.69) is 20.2 Å². The van der Waals surface area contributed by atoms with Crippen LogP contribution in [0.4, 0.5) is 0 Å². The maximum Gasteiger partial charge on any atom is 0.188 e. The second-order valence-electron chi connectivity index (χ2n) is 2.66. The Morgan fingerprint density at radius 2 is 2.33 bits per heavy atom. The van der Waals surface area contributed by atoms with Gasteiger partial charge in [0.15, 0.2) is 5.16 Å². The molecule has 76 valence electrons. The number of H-pyrrole nitrogens is 1. The maximum absolute atomic E-state index is 7.36. The van der Waals surface area contributed by atoms with E-state index in [9.17, 15) is 0 Å². The minimum absolute atomic E-state index is 0.0578. The number of hydrogen-bond donors (Lipinski definition) is 3. The number of nitrogens with two attached hydrogens (primary N) is 1. The average molecular weight is 220 g/mol. The van der Waals surface area contributed by atoms with Gasteiger partial charge >= 0.3 is 0 Å². The smallest absolute Gasteiger partial charge is 0.188 e. The van der Waals surface area contributed by atoms with Crippen molar-refractivity contribution < 1.29 is 0 Å². The van der Waals surface area contributed by atoms with Gasteiger partial charge in [0.05, 0.1) is 0 Å². The summed E-state index contributed by atoms with van der Waals surface area (Å²) in [4.78, 5) is 8.77. The molecular formula is C8H8N6S. The van der Waals surface area contributed by atoms with Crippen molar-refractivity contribution in [2.75, 3.05) is 0 Å². The number of nitrogens with zero attached hydrogens (tertiary/aromatic N) is 3. The molecule has 0 bridgehead atoms. The normalized spacial score (nSPS) is 10.1. The van der Waals surface area contributed by atoms with E-state index in [4.69, 9.17) is 11.1 Å². The van der Waals surface area contributed by atoms with Gasteiger partial charge in [0, 0.05) is 11.1 Å². The van der Waals surface area contributed by atoms with E-state index in [1.54, 1.807) is 12.3 Å². The highest BCUT2D eigenvalue weighted by molar-refractivity contribution is 7.99. The first-order valence-corrected chi connectivity index (χ1v) is 4.91. The molecule has 0 aliphatic carbocycles. The zero-order valence-corrected chi connectivity index (χ0v) is 8.45. The van der Waals surface area contributed by atoms with Crippen LogP contribution in [0.2, 0.25) is 0 Å². The van der Waals surface area contributed by atoms with Gasteiger partial charge in [-0.05, 0) is 23.9 Å². The van der Waals surface area contributed by atoms with E-state index in [1.807, 2.05) is 6.07 Å². The number of nitrogens with one attached hydrogen (secondary N) is 2. The molecule has 7 heteroatoms. The summed E-state index contributed by atoms with van der Waals surface area (Å²) in [6.45, 7) is 0. The Labute approximate surface area is 89.8 Å². The summed E-state index contributed by atoms with van der Waals surface area (Å²) in [5.74, 6) is -0.0578. The molecule has 0 aromatic carbocycles. The van der Waals surface area contributed by atoms with Crippen molar-refractivity contribution in [3.63, 3.8) is 0 Å². The average Bonchev–Trinajstić information content (AvgIpc) is 2.71. The third-order valence-electron chi connectivity index (χ3n) is 1.63. The largest absolute Gasteiger partial charge is 0.382 e. The summed E-state index contributed by atoms with van der Waals surface area (Å²) in [6, 6.07) is 3.61. The molecule has 6 nitrogen and oxygen atoms in total. The van der Waals surface area contributed by atoms with Gasteiger partial charge in [-0.15, -0.1) is 0 Å². The lowest BCUT2D eigenvalue weighted by molar-refractivity contribution is 0.971. The first kappa shape index (κ1) is 9.66. The molecule has 0 fully saturated rings. The Morgan fingerprint density at radius 1 is 1.47 bits per heavy atom. The third kappa shape index (κ3) is 2.13. The molecule has 0 saturated carbocycles. The Kier molecular flexibility index (Phi) is 2.64. The van der Waals surface area contributed by atoms with E-state index in [0.717, 1.165) is 4.90 Å². The number of hydrogen-bond acceptors (Lipinski definition) is 5. The fourth-order valence-electron chi connectivity index (χ4n) is 1.02. The van der Waals surface area contributed by atoms with Crippen molar-refractivity contribution in [2.45, 2.75) is 10.1 Å². The second kappa shape index (κ2) is 4.09. The van der Waals surface area contributed by atoms with Crippen LogP contribution >= 0.6 is 11.8 Å². The van der Waals surface area contributed by atoms with Crippen LogP contribution in [0.5, 0.6) is 0 Å². The Hall–Kier alpha value is -1.89. The van der Waals surface area contributed by atoms with Crippen molar-refractivity contribution in [1.82, 2.24) is 20.2 Å². The summed E-state index contributed by atoms with van der Waals surface area (Å²) in [6.07, 6.45) is 3.02. The van der Waals surface area contributed by atoms with Crippen LogP contribution < -0.4 is 5.73 Å². The highest BCUT2D eigenvalue weighted by atomic mass is 32.2. The molecule has 2 rings (SSSR count). The maximum atomic E-state index is 7.36. The van der Waals surface area contributed by atoms with Gasteiger partial charge in [0.25, 0.3) is 0 Å². The topological polar surface area (TPSA) is 104 Å². The van der Waals surface area contributed by atoms with Crippen LogP contribution in [0, 0.1) is 5.41 Å². The van der Waals surface area contributed by atoms with Crippen molar-refractivity contribution in [1.29, 1.82) is 5.41 Å². The predicted molar refractivity (Wildman–Crippen MR) is 55.8 cm³/mol. The standard InChI is InChI=1S/C8H8N6S/c9-7(10)6-5(2-1-3-11-6)15-8-12-4-13-14-8/h1-4H,(H3,9,10)(H,12,13,14). The van der Waals surface area contributed by atoms with Gasteiger partial charge < -0.3 is 5.73 Å². The molecule has 2 heterocycles. The molecular weight excluding hydrogens is 212 g/mol. The van der Waals surface area contributed by atoms with Crippen molar-refractivity contribution in [3.05, 3.63) is 30.4 Å². The van der Waals surface area contributed by atoms with Crippen molar-refractivity contribution >= 4 is 17.6 Å². The number of pyridine rings is 1. The first-order valence-electron chi connectivity index (χ1n) is 4.10. The van der Waals surface area contributed by atoms with Gasteiger partial charge in [0.2, 0.25) is 0 Å². The fraction of sp³-hybridized carbons (Fsp3) is 0. The summed E-state index contributed by atoms with van der Waals surface area (Å²) in [5.41, 5.74) is 5.86. The van der Waals surface area contributed by atoms with E-state index < -0.39 is 0 Å². The van der Waals surface area contributed by atoms with Gasteiger partial charge in [-0.2, -0.15) is 5.10 Å². The molecule has 0 radical (unpaired) electrons. The van der Waals surface area contributed by atoms with Crippen LogP contribution in [0.15, 0.2) is 34.7 Å². The predicted octanol–water partition coefficient (Wildman–Crippen LogP) is 0.635. The van der Waals surface area contributed by atoms with E-state index in [-0.39, 0.29) is 5.84 Å². The minimum atomic E-state index is -0.0578. The van der Waals surface area contributed by atoms with Crippen LogP contribution in [0.1, 0.15) is 5.69 Å². The molecule has 0 saturated heterocycles. The molecule has 15 heavy (non-hydrogen) atoms. The number of rotatable bonds is 3. The molecule has 0 unspecified atom stereocenters. The van der Waals surface area contributed by atoms with Crippen LogP contribution in [-0.4, -0.2) is 26.0 Å². The molecule has 4 N–H and O–H groups in total. The van der Waals surface area contributed by atoms with E-state index in [1.165, 1.54) is 18.1 Å². The SMILES string of the molecule is N=C(N)c1ncccc1Sc1ncn[nH]1. The lowest BCUT2D eigenvalue weighted by Gasteiger charge is -2.03. The number of aromatic nitrogens is 4. The van der Waals surface area contributed by atoms with E-state index in [0.29, 0.717) is 10.9 Å². The van der Waals surface area contributed by atoms with Crippen molar-refractivity contribution in [3.8, 4) is 0 Å². The summed E-state index contributed by atoms with van der Waals surface area (Å²) >= 11 is 1.34. The molecule has 0 aliphatic heterocycles. The molecule has 2 aromatic rings. The molecule has 0 amide bonds. The summed E-state index contributed by atoms with van der Waals surface area (Å²) < 4.78 is 0. The molecule has 0 aliphatic rings. The lowest BCUT2D eigenvalue weighted by atomic mass is 10.3. The summed E-state index contributed by atoms with van der Waals surface area (Å²) in [5, 5.41) is 14.4. The van der Waals surface area contributed by atoms with Crippen LogP contribution in [0.3, 0.4) is 0 Å². The minimum Gasteiger partial charge on any atom is -0.382 e. The lowest BCUT2D eigenvalue weighted by Crippen LogP contribution is -2.14. The summed E-state index contributed by atoms with van der Waals surface area (Å²) in [7, 11) is 0. The quantitative estimate of drug-likeness (QED) is 0.520. The zero-order valence-electron chi connectivity index (χ0n) is 7.64. The molecule has 0 atom stereocenters. The van der Waals surface area contributed by atoms with Gasteiger partial charge in [0.1, 0.15) is 17.9 Å². The third-order valence-corrected chi connectivity index (χ3v) is 2.56. The van der Waals surface area contributed by atoms with Crippen LogP contribution in [0.25, 0.3) is 0 Å². The van der Waals surface area contributed by atoms with Gasteiger partial charge in [-0.3, -0.25) is 15.5 Å². The number of amidine groups is 1. The van der Waals surface area contributed by atoms with Crippen LogP contribution in [-0.2, 0) is 0 Å². The molecule has 0 spiro atoms. The highest BCUT2D eigenvalue weighted by Gasteiger charge is 2.08. The number of nitrogen functional groups attached to an aromatic ring is 1. The fourth-order valence-corrected chi connectivity index (χ4v) is 1.84. The Balaban J connectivity index is 2.32. The molecule has 2 aromatic heterocycles. The van der Waals surface area contributed by atoms with Crippen molar-refractivity contribution in [2.24, 2.45) is 5.73 Å². The second-order valence-corrected chi connectivity index (χ2v) is 3.69. The number of aromatic amines is 1. The van der Waals surface area contributed by atoms with Gasteiger partial charge in [-0.1, -0.05) is 0 Å². The Morgan fingerprint density at radius 3 is 3.00 bits per heavy atom. The monoisotopic (exact) mass is 220 g/mol. The van der Waals surface area contributed by atoms with Gasteiger partial charge in [-0.25, -0.2) is 4.98 Å². The first-order chi connectivity index (χ1) is 7.27. The Bertz CT molecular complexity index is 466. The zero-order chi connectivity index (χ0) is 10.7.